The summed E-state index contributed by atoms with van der Waals surface area (Å²) in [7, 11) is 0. The molecule has 5 nitrogen and oxygen atoms in total. The molecule has 5 rings (SSSR count). The van der Waals surface area contributed by atoms with Crippen LogP contribution in [-0.2, 0) is 16.1 Å². The SMILES string of the molecule is CCOC(=O)C1=C(C)NC2=C(C(=O)c3ccccc32)[C@H]1c1cc(Br)ccc1OCc1ccccc1F. The second kappa shape index (κ2) is 9.74. The van der Waals surface area contributed by atoms with Crippen LogP contribution in [0.4, 0.5) is 4.39 Å². The summed E-state index contributed by atoms with van der Waals surface area (Å²) < 4.78 is 26.5. The molecule has 3 aromatic rings. The van der Waals surface area contributed by atoms with Gasteiger partial charge in [-0.25, -0.2) is 9.18 Å². The molecule has 1 aliphatic carbocycles. The van der Waals surface area contributed by atoms with E-state index < -0.39 is 11.9 Å². The van der Waals surface area contributed by atoms with Crippen molar-refractivity contribution < 1.29 is 23.5 Å². The molecule has 0 unspecified atom stereocenters. The van der Waals surface area contributed by atoms with Crippen LogP contribution in [0.5, 0.6) is 5.75 Å². The van der Waals surface area contributed by atoms with Crippen LogP contribution in [0.25, 0.3) is 5.70 Å². The lowest BCUT2D eigenvalue weighted by molar-refractivity contribution is -0.138. The summed E-state index contributed by atoms with van der Waals surface area (Å²) in [4.78, 5) is 26.9. The highest BCUT2D eigenvalue weighted by atomic mass is 79.9. The Bertz CT molecular complexity index is 1460. The van der Waals surface area contributed by atoms with Gasteiger partial charge in [0, 0.05) is 38.0 Å². The van der Waals surface area contributed by atoms with Crippen LogP contribution in [0.3, 0.4) is 0 Å². The molecule has 0 saturated carbocycles. The molecule has 1 atom stereocenters. The first-order valence-corrected chi connectivity index (χ1v) is 12.4. The minimum atomic E-state index is -0.742. The summed E-state index contributed by atoms with van der Waals surface area (Å²) in [5, 5.41) is 3.29. The van der Waals surface area contributed by atoms with Gasteiger partial charge in [0.05, 0.1) is 23.8 Å². The lowest BCUT2D eigenvalue weighted by Gasteiger charge is -2.30. The molecular weight excluding hydrogens is 525 g/mol. The first-order valence-electron chi connectivity index (χ1n) is 11.6. The van der Waals surface area contributed by atoms with Crippen molar-refractivity contribution in [2.24, 2.45) is 0 Å². The minimum absolute atomic E-state index is 0.0101. The van der Waals surface area contributed by atoms with Gasteiger partial charge in [0.2, 0.25) is 0 Å². The van der Waals surface area contributed by atoms with Gasteiger partial charge in [-0.2, -0.15) is 0 Å². The second-order valence-corrected chi connectivity index (χ2v) is 9.46. The van der Waals surface area contributed by atoms with Gasteiger partial charge in [0.25, 0.3) is 0 Å². The van der Waals surface area contributed by atoms with Crippen molar-refractivity contribution in [2.45, 2.75) is 26.4 Å². The normalized spacial score (nSPS) is 16.4. The second-order valence-electron chi connectivity index (χ2n) is 8.54. The van der Waals surface area contributed by atoms with E-state index in [4.69, 9.17) is 9.47 Å². The number of ether oxygens (including phenoxy) is 2. The van der Waals surface area contributed by atoms with E-state index in [0.29, 0.717) is 45.0 Å². The molecular formula is C29H23BrFNO4. The summed E-state index contributed by atoms with van der Waals surface area (Å²) >= 11 is 3.53. The fourth-order valence-electron chi connectivity index (χ4n) is 4.77. The Labute approximate surface area is 216 Å². The smallest absolute Gasteiger partial charge is 0.336 e. The maximum Gasteiger partial charge on any atom is 0.336 e. The number of Topliss-reactive ketones (excluding diaryl/α,β-unsaturated/α-hetero) is 1. The van der Waals surface area contributed by atoms with E-state index in [1.807, 2.05) is 30.3 Å². The van der Waals surface area contributed by atoms with Crippen LogP contribution in [0.2, 0.25) is 0 Å². The number of nitrogens with one attached hydrogen (secondary N) is 1. The van der Waals surface area contributed by atoms with Gasteiger partial charge in [0.15, 0.2) is 5.78 Å². The first kappa shape index (κ1) is 24.0. The maximum absolute atomic E-state index is 14.3. The highest BCUT2D eigenvalue weighted by Crippen LogP contribution is 2.49. The van der Waals surface area contributed by atoms with Crippen LogP contribution < -0.4 is 10.1 Å². The number of allylic oxidation sites excluding steroid dienone is 2. The standard InChI is InChI=1S/C29H23BrFNO4/c1-3-35-29(34)24-16(2)32-27-19-9-5-6-10-20(19)28(33)26(27)25(24)21-14-18(30)12-13-23(21)36-15-17-8-4-7-11-22(17)31/h4-14,25,32H,3,15H2,1-2H3/t25-/m0/s1. The van der Waals surface area contributed by atoms with Crippen LogP contribution in [0, 0.1) is 5.82 Å². The van der Waals surface area contributed by atoms with Crippen LogP contribution in [0.1, 0.15) is 46.8 Å². The first-order chi connectivity index (χ1) is 17.4. The highest BCUT2D eigenvalue weighted by molar-refractivity contribution is 9.10. The summed E-state index contributed by atoms with van der Waals surface area (Å²) in [5.41, 5.74) is 4.43. The molecule has 0 fully saturated rings. The number of fused-ring (bicyclic) bond motifs is 2. The lowest BCUT2D eigenvalue weighted by Crippen LogP contribution is -2.29. The van der Waals surface area contributed by atoms with Gasteiger partial charge < -0.3 is 14.8 Å². The van der Waals surface area contributed by atoms with E-state index in [9.17, 15) is 14.0 Å². The van der Waals surface area contributed by atoms with E-state index in [1.54, 1.807) is 44.2 Å². The third kappa shape index (κ3) is 4.13. The Balaban J connectivity index is 1.66. The maximum atomic E-state index is 14.3. The Morgan fingerprint density at radius 3 is 2.53 bits per heavy atom. The number of dihydropyridines is 1. The summed E-state index contributed by atoms with van der Waals surface area (Å²) in [6.45, 7) is 3.72. The van der Waals surface area contributed by atoms with E-state index in [1.165, 1.54) is 6.07 Å². The predicted octanol–water partition coefficient (Wildman–Crippen LogP) is 6.30. The number of esters is 1. The summed E-state index contributed by atoms with van der Waals surface area (Å²) in [5.74, 6) is -1.34. The predicted molar refractivity (Wildman–Crippen MR) is 138 cm³/mol. The van der Waals surface area contributed by atoms with Crippen molar-refractivity contribution in [3.8, 4) is 5.75 Å². The number of halogens is 2. The number of hydrogen-bond donors (Lipinski definition) is 1. The summed E-state index contributed by atoms with van der Waals surface area (Å²) in [6, 6.07) is 19.2. The zero-order valence-corrected chi connectivity index (χ0v) is 21.3. The van der Waals surface area contributed by atoms with Crippen molar-refractivity contribution >= 4 is 33.4 Å². The molecule has 36 heavy (non-hydrogen) atoms. The van der Waals surface area contributed by atoms with Crippen molar-refractivity contribution in [3.63, 3.8) is 0 Å². The topological polar surface area (TPSA) is 64.6 Å². The average Bonchev–Trinajstić information content (AvgIpc) is 3.15. The molecule has 0 aromatic heterocycles. The molecule has 182 valence electrons. The van der Waals surface area contributed by atoms with Crippen LogP contribution in [-0.4, -0.2) is 18.4 Å². The Kier molecular flexibility index (Phi) is 6.49. The van der Waals surface area contributed by atoms with Crippen molar-refractivity contribution in [3.05, 3.63) is 116 Å². The van der Waals surface area contributed by atoms with Gasteiger partial charge in [0.1, 0.15) is 18.2 Å². The van der Waals surface area contributed by atoms with E-state index in [0.717, 1.165) is 10.0 Å². The third-order valence-corrected chi connectivity index (χ3v) is 6.86. The Morgan fingerprint density at radius 1 is 1.06 bits per heavy atom. The average molecular weight is 548 g/mol. The van der Waals surface area contributed by atoms with Gasteiger partial charge in [-0.05, 0) is 38.1 Å². The number of benzene rings is 3. The Morgan fingerprint density at radius 2 is 1.78 bits per heavy atom. The molecule has 0 saturated heterocycles. The molecule has 0 spiro atoms. The highest BCUT2D eigenvalue weighted by Gasteiger charge is 2.44. The van der Waals surface area contributed by atoms with Crippen LogP contribution >= 0.6 is 15.9 Å². The molecule has 1 heterocycles. The number of ketones is 1. The zero-order chi connectivity index (χ0) is 25.4. The van der Waals surface area contributed by atoms with Crippen LogP contribution in [0.15, 0.2) is 88.0 Å². The minimum Gasteiger partial charge on any atom is -0.488 e. The molecule has 3 aromatic carbocycles. The number of hydrogen-bond acceptors (Lipinski definition) is 5. The number of carbonyl (C=O) groups excluding carboxylic acids is 2. The third-order valence-electron chi connectivity index (χ3n) is 6.37. The van der Waals surface area contributed by atoms with Crippen molar-refractivity contribution in [1.82, 2.24) is 5.32 Å². The molecule has 2 aliphatic rings. The zero-order valence-electron chi connectivity index (χ0n) is 19.7. The van der Waals surface area contributed by atoms with E-state index in [-0.39, 0.29) is 24.8 Å². The van der Waals surface area contributed by atoms with E-state index >= 15 is 0 Å². The lowest BCUT2D eigenvalue weighted by atomic mass is 9.79. The monoisotopic (exact) mass is 547 g/mol. The van der Waals surface area contributed by atoms with Crippen molar-refractivity contribution in [2.75, 3.05) is 6.61 Å². The molecule has 1 N–H and O–H groups in total. The fourth-order valence-corrected chi connectivity index (χ4v) is 5.15. The number of rotatable bonds is 6. The fraction of sp³-hybridized carbons (Fsp3) is 0.172. The van der Waals surface area contributed by atoms with Gasteiger partial charge in [-0.15, -0.1) is 0 Å². The molecule has 7 heteroatoms. The van der Waals surface area contributed by atoms with Gasteiger partial charge in [-0.3, -0.25) is 4.79 Å². The molecule has 0 bridgehead atoms. The summed E-state index contributed by atoms with van der Waals surface area (Å²) in [6.07, 6.45) is 0. The van der Waals surface area contributed by atoms with Crippen molar-refractivity contribution in [1.29, 1.82) is 0 Å². The van der Waals surface area contributed by atoms with Gasteiger partial charge >= 0.3 is 5.97 Å². The molecule has 0 amide bonds. The molecule has 0 radical (unpaired) electrons. The Hall–Kier alpha value is -3.71. The largest absolute Gasteiger partial charge is 0.488 e. The van der Waals surface area contributed by atoms with Gasteiger partial charge in [-0.1, -0.05) is 58.4 Å². The van der Waals surface area contributed by atoms with E-state index in [2.05, 4.69) is 21.2 Å². The molecule has 1 aliphatic heterocycles. The quantitative estimate of drug-likeness (QED) is 0.367. The number of carbonyl (C=O) groups is 2.